The lowest BCUT2D eigenvalue weighted by Crippen LogP contribution is -2.19. The topological polar surface area (TPSA) is 66.0 Å². The van der Waals surface area contributed by atoms with Crippen LogP contribution in [0, 0.1) is 25.2 Å². The first-order valence-electron chi connectivity index (χ1n) is 7.31. The summed E-state index contributed by atoms with van der Waals surface area (Å²) in [6, 6.07) is 9.07. The van der Waals surface area contributed by atoms with Crippen molar-refractivity contribution in [3.05, 3.63) is 58.4 Å². The lowest BCUT2D eigenvalue weighted by atomic mass is 10.0. The molecule has 0 fully saturated rings. The lowest BCUT2D eigenvalue weighted by Gasteiger charge is -2.12. The summed E-state index contributed by atoms with van der Waals surface area (Å²) in [6.45, 7) is 1.69. The Balaban J connectivity index is 2.42. The van der Waals surface area contributed by atoms with Gasteiger partial charge in [0.15, 0.2) is 0 Å². The monoisotopic (exact) mass is 348 g/mol. The fourth-order valence-electron chi connectivity index (χ4n) is 2.53. The molecule has 7 heteroatoms. The van der Waals surface area contributed by atoms with Gasteiger partial charge in [-0.15, -0.1) is 0 Å². The van der Waals surface area contributed by atoms with Gasteiger partial charge < -0.3 is 9.67 Å². The van der Waals surface area contributed by atoms with Gasteiger partial charge in [-0.05, 0) is 43.7 Å². The average molecular weight is 348 g/mol. The summed E-state index contributed by atoms with van der Waals surface area (Å²) in [5, 5.41) is 18.7. The molecule has 0 aliphatic heterocycles. The molecule has 1 aromatic heterocycles. The van der Waals surface area contributed by atoms with Crippen LogP contribution < -0.4 is 0 Å². The molecule has 1 heterocycles. The van der Waals surface area contributed by atoms with E-state index in [9.17, 15) is 28.3 Å². The summed E-state index contributed by atoms with van der Waals surface area (Å²) in [5.41, 5.74) is 0.700. The van der Waals surface area contributed by atoms with E-state index in [1.807, 2.05) is 0 Å². The number of phenols is 1. The first-order valence-corrected chi connectivity index (χ1v) is 7.31. The van der Waals surface area contributed by atoms with Gasteiger partial charge in [-0.1, -0.05) is 12.1 Å². The van der Waals surface area contributed by atoms with E-state index in [1.165, 1.54) is 38.1 Å². The Kier molecular flexibility index (Phi) is 5.02. The first-order chi connectivity index (χ1) is 11.6. The van der Waals surface area contributed by atoms with Crippen LogP contribution in [0.2, 0.25) is 0 Å². The molecule has 2 aromatic rings. The van der Waals surface area contributed by atoms with E-state index in [0.717, 1.165) is 4.57 Å². The van der Waals surface area contributed by atoms with E-state index < -0.39 is 18.5 Å². The molecule has 0 spiro atoms. The maximum absolute atomic E-state index is 12.7. The zero-order valence-corrected chi connectivity index (χ0v) is 13.6. The number of halogens is 3. The maximum atomic E-state index is 12.7. The number of ketones is 1. The van der Waals surface area contributed by atoms with Gasteiger partial charge in [0, 0.05) is 17.0 Å². The van der Waals surface area contributed by atoms with Crippen LogP contribution in [0.15, 0.2) is 35.9 Å². The number of Topliss-reactive ketones (excluding diaryl/α,β-unsaturated/α-hetero) is 1. The summed E-state index contributed by atoms with van der Waals surface area (Å²) < 4.78 is 39.0. The van der Waals surface area contributed by atoms with Crippen molar-refractivity contribution in [3.8, 4) is 11.8 Å². The summed E-state index contributed by atoms with van der Waals surface area (Å²) in [6.07, 6.45) is -3.12. The predicted molar refractivity (Wildman–Crippen MR) is 86.0 cm³/mol. The number of benzene rings is 1. The number of aryl methyl sites for hydroxylation is 1. The number of aromatic nitrogens is 1. The van der Waals surface area contributed by atoms with Crippen molar-refractivity contribution in [2.75, 3.05) is 0 Å². The first kappa shape index (κ1) is 18.3. The Labute approximate surface area is 142 Å². The number of rotatable bonds is 4. The number of allylic oxidation sites excluding steroid dienone is 1. The van der Waals surface area contributed by atoms with Crippen LogP contribution in [0.25, 0.3) is 6.08 Å². The molecule has 0 bridgehead atoms. The van der Waals surface area contributed by atoms with Gasteiger partial charge in [0.25, 0.3) is 0 Å². The van der Waals surface area contributed by atoms with Gasteiger partial charge in [0.1, 0.15) is 23.9 Å². The predicted octanol–water partition coefficient (Wildman–Crippen LogP) is 4.16. The van der Waals surface area contributed by atoms with Gasteiger partial charge in [-0.25, -0.2) is 0 Å². The van der Waals surface area contributed by atoms with Crippen LogP contribution in [0.3, 0.4) is 0 Å². The van der Waals surface area contributed by atoms with Crippen LogP contribution in [0.4, 0.5) is 13.2 Å². The molecular formula is C18H15F3N2O2. The van der Waals surface area contributed by atoms with Crippen LogP contribution in [0.5, 0.6) is 5.75 Å². The molecule has 0 radical (unpaired) electrons. The van der Waals surface area contributed by atoms with Crippen molar-refractivity contribution in [1.29, 1.82) is 5.26 Å². The summed E-state index contributed by atoms with van der Waals surface area (Å²) >= 11 is 0. The quantitative estimate of drug-likeness (QED) is 0.512. The Morgan fingerprint density at radius 1 is 1.32 bits per heavy atom. The smallest absolute Gasteiger partial charge is 0.406 e. The molecule has 0 saturated heterocycles. The fraction of sp³-hybridized carbons (Fsp3) is 0.222. The molecule has 0 aliphatic carbocycles. The molecule has 0 aliphatic rings. The molecule has 4 nitrogen and oxygen atoms in total. The zero-order valence-electron chi connectivity index (χ0n) is 13.6. The highest BCUT2D eigenvalue weighted by molar-refractivity contribution is 6.14. The zero-order chi connectivity index (χ0) is 18.8. The number of carbonyl (C=O) groups excluding carboxylic acids is 1. The van der Waals surface area contributed by atoms with Crippen molar-refractivity contribution in [3.63, 3.8) is 0 Å². The second kappa shape index (κ2) is 6.85. The number of carbonyl (C=O) groups is 1. The SMILES string of the molecule is Cc1cc(C(=O)/C(C#N)=C/c2cccc(O)c2)c(C)n1CC(F)(F)F. The highest BCUT2D eigenvalue weighted by atomic mass is 19.4. The normalized spacial score (nSPS) is 12.1. The standard InChI is InChI=1S/C18H15F3N2O2/c1-11-6-16(12(2)23(11)10-18(19,20)21)17(25)14(9-22)7-13-4-3-5-15(24)8-13/h3-8,24H,10H2,1-2H3/b14-7+. The number of phenolic OH excluding ortho intramolecular Hbond substituents is 1. The Bertz CT molecular complexity index is 887. The molecule has 0 unspecified atom stereocenters. The van der Waals surface area contributed by atoms with Crippen molar-refractivity contribution in [2.45, 2.75) is 26.6 Å². The number of nitriles is 1. The minimum Gasteiger partial charge on any atom is -0.508 e. The minimum atomic E-state index is -4.41. The number of hydrogen-bond donors (Lipinski definition) is 1. The van der Waals surface area contributed by atoms with E-state index in [-0.39, 0.29) is 28.3 Å². The molecule has 130 valence electrons. The van der Waals surface area contributed by atoms with E-state index in [1.54, 1.807) is 18.2 Å². The van der Waals surface area contributed by atoms with Crippen molar-refractivity contribution < 1.29 is 23.1 Å². The highest BCUT2D eigenvalue weighted by Gasteiger charge is 2.30. The molecule has 2 rings (SSSR count). The Morgan fingerprint density at radius 2 is 2.00 bits per heavy atom. The van der Waals surface area contributed by atoms with E-state index in [0.29, 0.717) is 5.56 Å². The third kappa shape index (κ3) is 4.29. The third-order valence-corrected chi connectivity index (χ3v) is 3.70. The van der Waals surface area contributed by atoms with Crippen LogP contribution in [-0.4, -0.2) is 21.6 Å². The number of nitrogens with zero attached hydrogens (tertiary/aromatic N) is 2. The highest BCUT2D eigenvalue weighted by Crippen LogP contribution is 2.25. The molecule has 0 amide bonds. The molecule has 0 saturated carbocycles. The van der Waals surface area contributed by atoms with E-state index >= 15 is 0 Å². The second-order valence-corrected chi connectivity index (χ2v) is 5.58. The summed E-state index contributed by atoms with van der Waals surface area (Å²) in [7, 11) is 0. The second-order valence-electron chi connectivity index (χ2n) is 5.58. The average Bonchev–Trinajstić information content (AvgIpc) is 2.78. The third-order valence-electron chi connectivity index (χ3n) is 3.70. The molecule has 0 atom stereocenters. The Hall–Kier alpha value is -3.01. The minimum absolute atomic E-state index is 0.0261. The van der Waals surface area contributed by atoms with Crippen molar-refractivity contribution in [1.82, 2.24) is 4.57 Å². The van der Waals surface area contributed by atoms with E-state index in [2.05, 4.69) is 0 Å². The summed E-state index contributed by atoms with van der Waals surface area (Å²) in [5.74, 6) is -0.686. The fourth-order valence-corrected chi connectivity index (χ4v) is 2.53. The van der Waals surface area contributed by atoms with Crippen LogP contribution in [0.1, 0.15) is 27.3 Å². The van der Waals surface area contributed by atoms with Crippen molar-refractivity contribution >= 4 is 11.9 Å². The Morgan fingerprint density at radius 3 is 2.56 bits per heavy atom. The number of hydrogen-bond acceptors (Lipinski definition) is 3. The lowest BCUT2D eigenvalue weighted by molar-refractivity contribution is -0.141. The van der Waals surface area contributed by atoms with Crippen LogP contribution >= 0.6 is 0 Å². The van der Waals surface area contributed by atoms with Gasteiger partial charge >= 0.3 is 6.18 Å². The maximum Gasteiger partial charge on any atom is 0.406 e. The van der Waals surface area contributed by atoms with Crippen molar-refractivity contribution in [2.24, 2.45) is 0 Å². The largest absolute Gasteiger partial charge is 0.508 e. The number of aromatic hydroxyl groups is 1. The van der Waals surface area contributed by atoms with Gasteiger partial charge in [0.05, 0.1) is 0 Å². The molecular weight excluding hydrogens is 333 g/mol. The molecule has 1 N–H and O–H groups in total. The number of alkyl halides is 3. The molecule has 1 aromatic carbocycles. The van der Waals surface area contributed by atoms with Gasteiger partial charge in [-0.3, -0.25) is 4.79 Å². The van der Waals surface area contributed by atoms with E-state index in [4.69, 9.17) is 0 Å². The van der Waals surface area contributed by atoms with Crippen LogP contribution in [-0.2, 0) is 6.54 Å². The summed E-state index contributed by atoms with van der Waals surface area (Å²) in [4.78, 5) is 12.6. The van der Waals surface area contributed by atoms with Gasteiger partial charge in [0.2, 0.25) is 5.78 Å². The van der Waals surface area contributed by atoms with Gasteiger partial charge in [-0.2, -0.15) is 18.4 Å². The molecule has 25 heavy (non-hydrogen) atoms.